The van der Waals surface area contributed by atoms with Gasteiger partial charge in [0, 0.05) is 6.61 Å². The van der Waals surface area contributed by atoms with Crippen molar-refractivity contribution in [3.05, 3.63) is 28.8 Å². The normalized spacial score (nSPS) is 17.1. The molecule has 1 fully saturated rings. The maximum absolute atomic E-state index is 5.56. The van der Waals surface area contributed by atoms with Gasteiger partial charge in [0.15, 0.2) is 0 Å². The van der Waals surface area contributed by atoms with E-state index in [9.17, 15) is 0 Å². The second kappa shape index (κ2) is 6.84. The van der Waals surface area contributed by atoms with Gasteiger partial charge < -0.3 is 4.43 Å². The molecule has 0 atom stereocenters. The van der Waals surface area contributed by atoms with Crippen molar-refractivity contribution < 1.29 is 4.43 Å². The van der Waals surface area contributed by atoms with Gasteiger partial charge in [-0.25, -0.2) is 0 Å². The van der Waals surface area contributed by atoms with Crippen molar-refractivity contribution in [2.45, 2.75) is 46.1 Å². The van der Waals surface area contributed by atoms with Crippen LogP contribution >= 0.6 is 0 Å². The minimum atomic E-state index is -0.309. The molecule has 0 aromatic heterocycles. The summed E-state index contributed by atoms with van der Waals surface area (Å²) in [6, 6.07) is 6.17. The van der Waals surface area contributed by atoms with Crippen LogP contribution < -0.4 is 5.19 Å². The van der Waals surface area contributed by atoms with Crippen molar-refractivity contribution >= 4 is 31.3 Å². The van der Waals surface area contributed by atoms with E-state index in [1.807, 2.05) is 0 Å². The second-order valence-electron chi connectivity index (χ2n) is 4.59. The lowest BCUT2D eigenvalue weighted by atomic mass is 9.95. The highest BCUT2D eigenvalue weighted by Gasteiger charge is 2.23. The number of hydrogen-bond donors (Lipinski definition) is 0. The van der Waals surface area contributed by atoms with Crippen molar-refractivity contribution in [3.63, 3.8) is 0 Å². The van der Waals surface area contributed by atoms with Crippen molar-refractivity contribution in [2.24, 2.45) is 0 Å². The lowest BCUT2D eigenvalue weighted by Gasteiger charge is -2.24. The highest BCUT2D eigenvalue weighted by molar-refractivity contribution is 7.39. The molecule has 2 rings (SSSR count). The molecule has 0 unspecified atom stereocenters. The first kappa shape index (κ1) is 14.2. The predicted molar refractivity (Wildman–Crippen MR) is 82.2 cm³/mol. The molecule has 1 aromatic carbocycles. The van der Waals surface area contributed by atoms with Gasteiger partial charge in [0.25, 0.3) is 0 Å². The Kier molecular flexibility index (Phi) is 5.41. The number of benzene rings is 1. The van der Waals surface area contributed by atoms with E-state index in [-0.39, 0.29) is 8.31 Å². The molecule has 4 heteroatoms. The van der Waals surface area contributed by atoms with Gasteiger partial charge >= 0.3 is 0 Å². The van der Waals surface area contributed by atoms with Crippen LogP contribution in [0.3, 0.4) is 0 Å². The maximum Gasteiger partial charge on any atom is 0.203 e. The van der Waals surface area contributed by atoms with Crippen LogP contribution in [0.2, 0.25) is 6.04 Å². The average Bonchev–Trinajstić information content (AvgIpc) is 2.46. The van der Waals surface area contributed by atoms with Crippen LogP contribution in [0.5, 0.6) is 0 Å². The fraction of sp³-hybridized carbons (Fsp3) is 0.571. The zero-order chi connectivity index (χ0) is 13.0. The molecule has 5 radical (unpaired) electrons. The molecule has 0 bridgehead atoms. The van der Waals surface area contributed by atoms with Gasteiger partial charge in [0.2, 0.25) is 9.28 Å². The lowest BCUT2D eigenvalue weighted by molar-refractivity contribution is 0.367. The maximum atomic E-state index is 5.56. The molecular weight excluding hydrogens is 268 g/mol. The Morgan fingerprint density at radius 1 is 1.11 bits per heavy atom. The van der Waals surface area contributed by atoms with E-state index in [1.54, 1.807) is 21.9 Å². The summed E-state index contributed by atoms with van der Waals surface area (Å²) in [5, 5.41) is 1.73. The summed E-state index contributed by atoms with van der Waals surface area (Å²) in [5.74, 6) is 0. The Bertz CT molecular complexity index is 400. The summed E-state index contributed by atoms with van der Waals surface area (Å²) in [6.45, 7) is 7.91. The van der Waals surface area contributed by atoms with Crippen LogP contribution in [0, 0.1) is 0 Å². The standard InChI is InChI=1S/C14H21OSi3/c1-4-11-7-8-14(13(6-3)12(11)5-2)18-10-9-15-16-17-18/h7-8H,4-6,9-10H2,1-3H3. The largest absolute Gasteiger partial charge is 0.422 e. The van der Waals surface area contributed by atoms with Crippen molar-refractivity contribution in [3.8, 4) is 0 Å². The van der Waals surface area contributed by atoms with Crippen LogP contribution in [0.25, 0.3) is 0 Å². The number of hydrogen-bond acceptors (Lipinski definition) is 1. The third kappa shape index (κ3) is 2.87. The molecule has 1 aliphatic heterocycles. The van der Waals surface area contributed by atoms with Gasteiger partial charge in [0.05, 0.1) is 16.9 Å². The molecule has 0 aliphatic carbocycles. The summed E-state index contributed by atoms with van der Waals surface area (Å²) in [7, 11) is 1.54. The molecule has 0 saturated carbocycles. The lowest BCUT2D eigenvalue weighted by Crippen LogP contribution is -2.46. The molecular formula is C14H21OSi3. The third-order valence-electron chi connectivity index (χ3n) is 3.67. The summed E-state index contributed by atoms with van der Waals surface area (Å²) >= 11 is 0. The molecule has 18 heavy (non-hydrogen) atoms. The fourth-order valence-corrected chi connectivity index (χ4v) is 12.0. The number of aryl methyl sites for hydroxylation is 1. The van der Waals surface area contributed by atoms with E-state index >= 15 is 0 Å². The second-order valence-corrected chi connectivity index (χ2v) is 12.8. The van der Waals surface area contributed by atoms with Gasteiger partial charge in [-0.3, -0.25) is 0 Å². The van der Waals surface area contributed by atoms with Crippen LogP contribution in [-0.2, 0) is 23.7 Å². The van der Waals surface area contributed by atoms with Crippen LogP contribution in [-0.4, -0.2) is 32.8 Å². The van der Waals surface area contributed by atoms with Crippen molar-refractivity contribution in [2.75, 3.05) is 6.61 Å². The van der Waals surface area contributed by atoms with Crippen LogP contribution in [0.15, 0.2) is 12.1 Å². The predicted octanol–water partition coefficient (Wildman–Crippen LogP) is 1.84. The van der Waals surface area contributed by atoms with E-state index in [1.165, 1.54) is 25.3 Å². The summed E-state index contributed by atoms with van der Waals surface area (Å²) in [6.07, 6.45) is 3.57. The van der Waals surface area contributed by atoms with Crippen LogP contribution in [0.1, 0.15) is 37.5 Å². The summed E-state index contributed by atoms with van der Waals surface area (Å²) in [5.41, 5.74) is 4.90. The minimum absolute atomic E-state index is 0.309. The zero-order valence-corrected chi connectivity index (χ0v) is 14.6. The first-order valence-electron chi connectivity index (χ1n) is 6.94. The Morgan fingerprint density at radius 2 is 1.89 bits per heavy atom. The average molecular weight is 290 g/mol. The van der Waals surface area contributed by atoms with Crippen LogP contribution in [0.4, 0.5) is 0 Å². The van der Waals surface area contributed by atoms with Gasteiger partial charge in [0.1, 0.15) is 0 Å². The van der Waals surface area contributed by atoms with Crippen molar-refractivity contribution in [1.82, 2.24) is 0 Å². The Balaban J connectivity index is 2.40. The summed E-state index contributed by atoms with van der Waals surface area (Å²) in [4.78, 5) is 0. The SMILES string of the molecule is CCc1ccc([Si]2CCO[Si][Si]2)c(CC)c1CC. The Hall–Kier alpha value is -0.169. The molecule has 95 valence electrons. The van der Waals surface area contributed by atoms with E-state index in [0.717, 1.165) is 24.4 Å². The molecule has 1 nitrogen and oxygen atoms in total. The zero-order valence-electron chi connectivity index (χ0n) is 11.6. The molecule has 1 aliphatic rings. The third-order valence-corrected chi connectivity index (χ3v) is 13.1. The van der Waals surface area contributed by atoms with Gasteiger partial charge in [-0.15, -0.1) is 0 Å². The van der Waals surface area contributed by atoms with Crippen molar-refractivity contribution in [1.29, 1.82) is 0 Å². The first-order valence-corrected chi connectivity index (χ1v) is 12.6. The smallest absolute Gasteiger partial charge is 0.203 e. The van der Waals surface area contributed by atoms with Gasteiger partial charge in [-0.1, -0.05) is 38.1 Å². The highest BCUT2D eigenvalue weighted by Crippen LogP contribution is 2.17. The van der Waals surface area contributed by atoms with E-state index < -0.39 is 0 Å². The highest BCUT2D eigenvalue weighted by atomic mass is 29.5. The van der Waals surface area contributed by atoms with E-state index in [0.29, 0.717) is 0 Å². The minimum Gasteiger partial charge on any atom is -0.422 e. The summed E-state index contributed by atoms with van der Waals surface area (Å²) < 4.78 is 5.56. The molecule has 1 saturated heterocycles. The number of rotatable bonds is 4. The quantitative estimate of drug-likeness (QED) is 0.769. The van der Waals surface area contributed by atoms with E-state index in [4.69, 9.17) is 4.43 Å². The topological polar surface area (TPSA) is 9.23 Å². The fourth-order valence-electron chi connectivity index (χ4n) is 2.77. The van der Waals surface area contributed by atoms with Gasteiger partial charge in [-0.05, 0) is 42.0 Å². The Morgan fingerprint density at radius 3 is 2.44 bits per heavy atom. The van der Waals surface area contributed by atoms with E-state index in [2.05, 4.69) is 32.9 Å². The van der Waals surface area contributed by atoms with Gasteiger partial charge in [-0.2, -0.15) is 0 Å². The molecule has 0 amide bonds. The molecule has 1 aromatic rings. The molecule has 0 N–H and O–H groups in total. The first-order chi connectivity index (χ1) is 8.81. The monoisotopic (exact) mass is 289 g/mol. The Labute approximate surface area is 117 Å². The molecule has 1 heterocycles. The molecule has 0 spiro atoms.